The number of hydrogen-bond acceptors (Lipinski definition) is 3. The quantitative estimate of drug-likeness (QED) is 0.808. The van der Waals surface area contributed by atoms with E-state index in [0.29, 0.717) is 0 Å². The van der Waals surface area contributed by atoms with Crippen molar-refractivity contribution < 1.29 is 0 Å². The van der Waals surface area contributed by atoms with Crippen LogP contribution in [0.1, 0.15) is 32.3 Å². The second kappa shape index (κ2) is 5.64. The van der Waals surface area contributed by atoms with Gasteiger partial charge in [-0.05, 0) is 42.8 Å². The molecular weight excluding hydrogens is 204 g/mol. The van der Waals surface area contributed by atoms with Gasteiger partial charge in [0, 0.05) is 18.6 Å². The molecule has 3 heteroatoms. The van der Waals surface area contributed by atoms with Gasteiger partial charge in [0.05, 0.1) is 0 Å². The van der Waals surface area contributed by atoms with Gasteiger partial charge in [0.1, 0.15) is 0 Å². The SMILES string of the molecule is CCCC(C)(CN)N(C)Cc1ccsc1. The number of nitrogens with zero attached hydrogens (tertiary/aromatic N) is 1. The average Bonchev–Trinajstić information content (AvgIpc) is 2.70. The maximum Gasteiger partial charge on any atom is 0.0304 e. The lowest BCUT2D eigenvalue weighted by molar-refractivity contribution is 0.125. The Morgan fingerprint density at radius 2 is 2.27 bits per heavy atom. The molecule has 0 amide bonds. The maximum absolute atomic E-state index is 5.88. The molecule has 0 spiro atoms. The van der Waals surface area contributed by atoms with E-state index in [4.69, 9.17) is 5.73 Å². The zero-order valence-corrected chi connectivity index (χ0v) is 10.8. The van der Waals surface area contributed by atoms with Crippen LogP contribution in [0, 0.1) is 0 Å². The summed E-state index contributed by atoms with van der Waals surface area (Å²) in [5.41, 5.74) is 7.41. The van der Waals surface area contributed by atoms with E-state index in [2.05, 4.69) is 42.6 Å². The zero-order valence-electron chi connectivity index (χ0n) is 9.99. The molecule has 1 rings (SSSR count). The van der Waals surface area contributed by atoms with Crippen molar-refractivity contribution in [3.63, 3.8) is 0 Å². The standard InChI is InChI=1S/C12H22N2S/c1-4-6-12(2,10-13)14(3)8-11-5-7-15-9-11/h5,7,9H,4,6,8,10,13H2,1-3H3. The first-order valence-corrected chi connectivity index (χ1v) is 6.49. The Balaban J connectivity index is 2.60. The minimum Gasteiger partial charge on any atom is -0.329 e. The van der Waals surface area contributed by atoms with Crippen molar-refractivity contribution in [2.24, 2.45) is 5.73 Å². The lowest BCUT2D eigenvalue weighted by Gasteiger charge is -2.38. The molecule has 1 unspecified atom stereocenters. The van der Waals surface area contributed by atoms with Crippen LogP contribution in [-0.2, 0) is 6.54 Å². The molecule has 0 aliphatic rings. The van der Waals surface area contributed by atoms with Gasteiger partial charge in [0.2, 0.25) is 0 Å². The summed E-state index contributed by atoms with van der Waals surface area (Å²) in [6.45, 7) is 6.19. The molecule has 1 heterocycles. The Morgan fingerprint density at radius 1 is 1.53 bits per heavy atom. The molecule has 0 radical (unpaired) electrons. The minimum absolute atomic E-state index is 0.136. The zero-order chi connectivity index (χ0) is 11.3. The van der Waals surface area contributed by atoms with Gasteiger partial charge in [0.15, 0.2) is 0 Å². The first-order chi connectivity index (χ1) is 7.12. The van der Waals surface area contributed by atoms with Crippen molar-refractivity contribution in [3.8, 4) is 0 Å². The highest BCUT2D eigenvalue weighted by Crippen LogP contribution is 2.21. The van der Waals surface area contributed by atoms with Crippen LogP contribution in [0.3, 0.4) is 0 Å². The van der Waals surface area contributed by atoms with Gasteiger partial charge < -0.3 is 5.73 Å². The number of thiophene rings is 1. The monoisotopic (exact) mass is 226 g/mol. The molecule has 0 saturated heterocycles. The van der Waals surface area contributed by atoms with Crippen molar-refractivity contribution in [2.75, 3.05) is 13.6 Å². The lowest BCUT2D eigenvalue weighted by atomic mass is 9.94. The highest BCUT2D eigenvalue weighted by Gasteiger charge is 2.26. The third-order valence-electron chi connectivity index (χ3n) is 3.15. The van der Waals surface area contributed by atoms with Crippen molar-refractivity contribution in [1.82, 2.24) is 4.90 Å². The number of hydrogen-bond donors (Lipinski definition) is 1. The minimum atomic E-state index is 0.136. The molecule has 1 atom stereocenters. The van der Waals surface area contributed by atoms with Crippen LogP contribution >= 0.6 is 11.3 Å². The Hall–Kier alpha value is -0.380. The fourth-order valence-corrected chi connectivity index (χ4v) is 2.49. The van der Waals surface area contributed by atoms with Gasteiger partial charge >= 0.3 is 0 Å². The van der Waals surface area contributed by atoms with Crippen molar-refractivity contribution in [1.29, 1.82) is 0 Å². The lowest BCUT2D eigenvalue weighted by Crippen LogP contribution is -2.49. The molecule has 0 aliphatic heterocycles. The summed E-state index contributed by atoms with van der Waals surface area (Å²) in [5, 5.41) is 4.34. The number of nitrogens with two attached hydrogens (primary N) is 1. The van der Waals surface area contributed by atoms with Gasteiger partial charge in [-0.25, -0.2) is 0 Å². The van der Waals surface area contributed by atoms with Crippen LogP contribution in [0.5, 0.6) is 0 Å². The van der Waals surface area contributed by atoms with E-state index in [-0.39, 0.29) is 5.54 Å². The van der Waals surface area contributed by atoms with Crippen LogP contribution in [0.2, 0.25) is 0 Å². The normalized spacial score (nSPS) is 15.5. The van der Waals surface area contributed by atoms with Gasteiger partial charge in [-0.2, -0.15) is 11.3 Å². The summed E-state index contributed by atoms with van der Waals surface area (Å²) >= 11 is 1.76. The van der Waals surface area contributed by atoms with Crippen LogP contribution in [0.15, 0.2) is 16.8 Å². The van der Waals surface area contributed by atoms with E-state index in [0.717, 1.165) is 19.5 Å². The molecule has 2 N–H and O–H groups in total. The molecule has 2 nitrogen and oxygen atoms in total. The summed E-state index contributed by atoms with van der Waals surface area (Å²) in [6.07, 6.45) is 2.34. The smallest absolute Gasteiger partial charge is 0.0304 e. The second-order valence-corrected chi connectivity index (χ2v) is 5.22. The summed E-state index contributed by atoms with van der Waals surface area (Å²) in [7, 11) is 2.17. The molecule has 15 heavy (non-hydrogen) atoms. The molecule has 0 saturated carbocycles. The van der Waals surface area contributed by atoms with E-state index in [1.807, 2.05) is 0 Å². The molecule has 1 aromatic heterocycles. The fraction of sp³-hybridized carbons (Fsp3) is 0.667. The van der Waals surface area contributed by atoms with E-state index >= 15 is 0 Å². The first-order valence-electron chi connectivity index (χ1n) is 5.55. The van der Waals surface area contributed by atoms with E-state index in [1.165, 1.54) is 12.0 Å². The Labute approximate surface area is 97.1 Å². The van der Waals surface area contributed by atoms with Gasteiger partial charge in [-0.1, -0.05) is 13.3 Å². The van der Waals surface area contributed by atoms with E-state index in [9.17, 15) is 0 Å². The van der Waals surface area contributed by atoms with Gasteiger partial charge in [0.25, 0.3) is 0 Å². The van der Waals surface area contributed by atoms with E-state index < -0.39 is 0 Å². The van der Waals surface area contributed by atoms with Gasteiger partial charge in [-0.3, -0.25) is 4.90 Å². The Morgan fingerprint density at radius 3 is 2.73 bits per heavy atom. The molecule has 0 aliphatic carbocycles. The largest absolute Gasteiger partial charge is 0.329 e. The molecular formula is C12H22N2S. The number of likely N-dealkylation sites (N-methyl/N-ethyl adjacent to an activating group) is 1. The molecule has 0 fully saturated rings. The van der Waals surface area contributed by atoms with Gasteiger partial charge in [-0.15, -0.1) is 0 Å². The third kappa shape index (κ3) is 3.30. The van der Waals surface area contributed by atoms with Crippen LogP contribution in [0.25, 0.3) is 0 Å². The van der Waals surface area contributed by atoms with Crippen molar-refractivity contribution >= 4 is 11.3 Å². The summed E-state index contributed by atoms with van der Waals surface area (Å²) < 4.78 is 0. The fourth-order valence-electron chi connectivity index (χ4n) is 1.83. The third-order valence-corrected chi connectivity index (χ3v) is 3.88. The van der Waals surface area contributed by atoms with E-state index in [1.54, 1.807) is 11.3 Å². The molecule has 0 aromatic carbocycles. The van der Waals surface area contributed by atoms with Crippen LogP contribution < -0.4 is 5.73 Å². The van der Waals surface area contributed by atoms with Crippen molar-refractivity contribution in [3.05, 3.63) is 22.4 Å². The predicted molar refractivity (Wildman–Crippen MR) is 68.2 cm³/mol. The predicted octanol–water partition coefficient (Wildman–Crippen LogP) is 2.70. The number of rotatable bonds is 6. The van der Waals surface area contributed by atoms with Crippen molar-refractivity contribution in [2.45, 2.75) is 38.8 Å². The first kappa shape index (κ1) is 12.7. The highest BCUT2D eigenvalue weighted by molar-refractivity contribution is 7.07. The maximum atomic E-state index is 5.88. The van der Waals surface area contributed by atoms with Crippen LogP contribution in [0.4, 0.5) is 0 Å². The molecule has 1 aromatic rings. The molecule has 0 bridgehead atoms. The molecule has 86 valence electrons. The second-order valence-electron chi connectivity index (χ2n) is 4.44. The Bertz CT molecular complexity index is 271. The van der Waals surface area contributed by atoms with Crippen LogP contribution in [-0.4, -0.2) is 24.0 Å². The summed E-state index contributed by atoms with van der Waals surface area (Å²) in [5.74, 6) is 0. The Kier molecular flexibility index (Phi) is 4.77. The summed E-state index contributed by atoms with van der Waals surface area (Å²) in [4.78, 5) is 2.37. The summed E-state index contributed by atoms with van der Waals surface area (Å²) in [6, 6.07) is 2.18. The average molecular weight is 226 g/mol. The topological polar surface area (TPSA) is 29.3 Å². The highest BCUT2D eigenvalue weighted by atomic mass is 32.1.